The van der Waals surface area contributed by atoms with Gasteiger partial charge in [0.1, 0.15) is 0 Å². The van der Waals surface area contributed by atoms with Crippen LogP contribution in [0, 0.1) is 12.3 Å². The topological polar surface area (TPSA) is 53.1 Å². The fourth-order valence-corrected chi connectivity index (χ4v) is 3.32. The van der Waals surface area contributed by atoms with E-state index in [9.17, 15) is 13.2 Å². The highest BCUT2D eigenvalue weighted by Gasteiger charge is 2.30. The number of aryl methyl sites for hydroxylation is 1. The molecule has 2 rings (SSSR count). The number of guanidine groups is 1. The Balaban J connectivity index is 2.58. The number of nitrogens with two attached hydrogens (primary N) is 1. The summed E-state index contributed by atoms with van der Waals surface area (Å²) >= 11 is 7.52. The van der Waals surface area contributed by atoms with E-state index in [0.29, 0.717) is 20.7 Å². The lowest BCUT2D eigenvalue weighted by Gasteiger charge is -2.26. The van der Waals surface area contributed by atoms with Crippen LogP contribution in [0.1, 0.15) is 5.56 Å². The Morgan fingerprint density at radius 2 is 1.92 bits per heavy atom. The first-order valence-electron chi connectivity index (χ1n) is 6.58. The largest absolute Gasteiger partial charge is 0.446 e. The van der Waals surface area contributed by atoms with E-state index in [1.54, 1.807) is 12.1 Å². The van der Waals surface area contributed by atoms with E-state index in [-0.39, 0.29) is 22.6 Å². The average Bonchev–Trinajstić information content (AvgIpc) is 2.45. The summed E-state index contributed by atoms with van der Waals surface area (Å²) in [4.78, 5) is 1.94. The maximum absolute atomic E-state index is 12.6. The summed E-state index contributed by atoms with van der Waals surface area (Å²) in [6.07, 6.45) is 0. The van der Waals surface area contributed by atoms with Crippen LogP contribution in [-0.2, 0) is 0 Å². The van der Waals surface area contributed by atoms with Crippen LogP contribution < -0.4 is 10.6 Å². The van der Waals surface area contributed by atoms with Crippen LogP contribution in [0.15, 0.2) is 50.7 Å². The Hall–Kier alpha value is -1.32. The number of thioether (sulfide) groups is 1. The van der Waals surface area contributed by atoms with Gasteiger partial charge < -0.3 is 5.73 Å². The minimum Gasteiger partial charge on any atom is -0.369 e. The molecule has 0 amide bonds. The molecule has 2 aromatic carbocycles. The highest BCUT2D eigenvalue weighted by Crippen LogP contribution is 2.42. The number of halogens is 4. The molecule has 0 heterocycles. The van der Waals surface area contributed by atoms with Gasteiger partial charge in [0.15, 0.2) is 5.96 Å². The molecule has 0 fully saturated rings. The van der Waals surface area contributed by atoms with Gasteiger partial charge >= 0.3 is 5.51 Å². The molecule has 0 saturated heterocycles. The second-order valence-corrected chi connectivity index (χ2v) is 7.26. The van der Waals surface area contributed by atoms with Gasteiger partial charge in [-0.1, -0.05) is 12.1 Å². The maximum Gasteiger partial charge on any atom is 0.446 e. The Kier molecular flexibility index (Phi) is 5.77. The highest BCUT2D eigenvalue weighted by molar-refractivity contribution is 9.10. The number of benzene rings is 2. The molecule has 128 valence electrons. The summed E-state index contributed by atoms with van der Waals surface area (Å²) in [5.41, 5.74) is 3.00. The van der Waals surface area contributed by atoms with Crippen molar-refractivity contribution in [3.63, 3.8) is 0 Å². The SMILES string of the molecule is Cc1cccc(N(C(=N)N)c2cc(SC(F)(F)F)ccc2Br)c1S. The van der Waals surface area contributed by atoms with E-state index < -0.39 is 5.51 Å². The number of anilines is 2. The van der Waals surface area contributed by atoms with Crippen molar-refractivity contribution in [1.82, 2.24) is 0 Å². The van der Waals surface area contributed by atoms with Crippen molar-refractivity contribution in [2.45, 2.75) is 22.2 Å². The van der Waals surface area contributed by atoms with Crippen molar-refractivity contribution in [2.75, 3.05) is 4.90 Å². The zero-order chi connectivity index (χ0) is 18.1. The Morgan fingerprint density at radius 3 is 2.50 bits per heavy atom. The molecule has 0 bridgehead atoms. The molecule has 3 N–H and O–H groups in total. The Labute approximate surface area is 155 Å². The normalized spacial score (nSPS) is 11.4. The van der Waals surface area contributed by atoms with Crippen LogP contribution >= 0.6 is 40.3 Å². The number of nitrogens with zero attached hydrogens (tertiary/aromatic N) is 1. The van der Waals surface area contributed by atoms with E-state index >= 15 is 0 Å². The predicted octanol–water partition coefficient (Wildman–Crippen LogP) is 5.69. The zero-order valence-corrected chi connectivity index (χ0v) is 15.7. The zero-order valence-electron chi connectivity index (χ0n) is 12.4. The molecule has 0 spiro atoms. The molecular formula is C15H13BrF3N3S2. The molecule has 0 atom stereocenters. The minimum absolute atomic E-state index is 0.000294. The van der Waals surface area contributed by atoms with Crippen LogP contribution in [0.2, 0.25) is 0 Å². The third-order valence-electron chi connectivity index (χ3n) is 3.09. The van der Waals surface area contributed by atoms with Gasteiger partial charge in [-0.2, -0.15) is 13.2 Å². The van der Waals surface area contributed by atoms with E-state index in [1.165, 1.54) is 23.1 Å². The first kappa shape index (κ1) is 19.0. The van der Waals surface area contributed by atoms with E-state index in [4.69, 9.17) is 11.1 Å². The molecule has 0 unspecified atom stereocenters. The van der Waals surface area contributed by atoms with Gasteiger partial charge in [-0.25, -0.2) is 0 Å². The fourth-order valence-electron chi connectivity index (χ4n) is 2.07. The van der Waals surface area contributed by atoms with Crippen molar-refractivity contribution in [3.8, 4) is 0 Å². The summed E-state index contributed by atoms with van der Waals surface area (Å²) in [5, 5.41) is 7.86. The number of hydrogen-bond acceptors (Lipinski definition) is 3. The molecule has 3 nitrogen and oxygen atoms in total. The van der Waals surface area contributed by atoms with Gasteiger partial charge in [0.25, 0.3) is 0 Å². The molecule has 9 heteroatoms. The van der Waals surface area contributed by atoms with E-state index in [2.05, 4.69) is 28.6 Å². The van der Waals surface area contributed by atoms with Crippen LogP contribution in [0.4, 0.5) is 24.5 Å². The number of nitrogens with one attached hydrogen (secondary N) is 1. The lowest BCUT2D eigenvalue weighted by molar-refractivity contribution is -0.0328. The maximum atomic E-state index is 12.6. The molecule has 0 aromatic heterocycles. The summed E-state index contributed by atoms with van der Waals surface area (Å²) in [6.45, 7) is 1.84. The number of hydrogen-bond donors (Lipinski definition) is 3. The molecule has 2 aromatic rings. The average molecular weight is 436 g/mol. The van der Waals surface area contributed by atoms with Gasteiger partial charge in [-0.3, -0.25) is 10.3 Å². The molecule has 0 aliphatic carbocycles. The third-order valence-corrected chi connectivity index (χ3v) is 5.06. The standard InChI is InChI=1S/C15H13BrF3N3S2/c1-8-3-2-4-11(13(8)23)22(14(20)21)12-7-9(5-6-10(12)16)24-15(17,18)19/h2-7,23H,1H3,(H3,20,21). The molecule has 24 heavy (non-hydrogen) atoms. The number of rotatable bonds is 3. The lowest BCUT2D eigenvalue weighted by atomic mass is 10.2. The van der Waals surface area contributed by atoms with E-state index in [1.807, 2.05) is 13.0 Å². The smallest absolute Gasteiger partial charge is 0.369 e. The van der Waals surface area contributed by atoms with Gasteiger partial charge in [0, 0.05) is 14.3 Å². The first-order chi connectivity index (χ1) is 11.1. The van der Waals surface area contributed by atoms with Gasteiger partial charge in [0.2, 0.25) is 0 Å². The summed E-state index contributed by atoms with van der Waals surface area (Å²) in [7, 11) is 0. The quantitative estimate of drug-likeness (QED) is 0.251. The van der Waals surface area contributed by atoms with Crippen molar-refractivity contribution in [2.24, 2.45) is 5.73 Å². The molecule has 0 saturated carbocycles. The molecule has 0 aliphatic rings. The summed E-state index contributed by atoms with van der Waals surface area (Å²) < 4.78 is 38.4. The van der Waals surface area contributed by atoms with Crippen LogP contribution in [0.3, 0.4) is 0 Å². The van der Waals surface area contributed by atoms with Crippen LogP contribution in [-0.4, -0.2) is 11.5 Å². The van der Waals surface area contributed by atoms with Gasteiger partial charge in [-0.05, 0) is 64.4 Å². The molecule has 0 aliphatic heterocycles. The second-order valence-electron chi connectivity index (χ2n) is 4.82. The minimum atomic E-state index is -4.40. The summed E-state index contributed by atoms with van der Waals surface area (Å²) in [5.74, 6) is -0.328. The van der Waals surface area contributed by atoms with E-state index in [0.717, 1.165) is 5.56 Å². The monoisotopic (exact) mass is 435 g/mol. The summed E-state index contributed by atoms with van der Waals surface area (Å²) in [6, 6.07) is 9.48. The lowest BCUT2D eigenvalue weighted by Crippen LogP contribution is -2.33. The third kappa shape index (κ3) is 4.40. The van der Waals surface area contributed by atoms with Gasteiger partial charge in [-0.15, -0.1) is 12.6 Å². The Bertz CT molecular complexity index is 781. The predicted molar refractivity (Wildman–Crippen MR) is 98.5 cm³/mol. The van der Waals surface area contributed by atoms with Crippen LogP contribution in [0.25, 0.3) is 0 Å². The molecular weight excluding hydrogens is 423 g/mol. The Morgan fingerprint density at radius 1 is 1.25 bits per heavy atom. The van der Waals surface area contributed by atoms with Crippen molar-refractivity contribution < 1.29 is 13.2 Å². The van der Waals surface area contributed by atoms with Crippen LogP contribution in [0.5, 0.6) is 0 Å². The number of thiol groups is 1. The molecule has 0 radical (unpaired) electrons. The van der Waals surface area contributed by atoms with Crippen molar-refractivity contribution >= 4 is 57.7 Å². The van der Waals surface area contributed by atoms with Crippen molar-refractivity contribution in [1.29, 1.82) is 5.41 Å². The first-order valence-corrected chi connectivity index (χ1v) is 8.64. The number of alkyl halides is 3. The van der Waals surface area contributed by atoms with Crippen molar-refractivity contribution in [3.05, 3.63) is 46.4 Å². The van der Waals surface area contributed by atoms with Gasteiger partial charge in [0.05, 0.1) is 11.4 Å². The highest BCUT2D eigenvalue weighted by atomic mass is 79.9. The fraction of sp³-hybridized carbons (Fsp3) is 0.133. The second kappa shape index (κ2) is 7.28.